The van der Waals surface area contributed by atoms with Crippen molar-refractivity contribution in [2.45, 2.75) is 12.5 Å². The van der Waals surface area contributed by atoms with Crippen molar-refractivity contribution in [1.29, 1.82) is 0 Å². The Labute approximate surface area is 119 Å². The van der Waals surface area contributed by atoms with Crippen LogP contribution < -0.4 is 5.73 Å². The van der Waals surface area contributed by atoms with Crippen LogP contribution in [0.2, 0.25) is 0 Å². The summed E-state index contributed by atoms with van der Waals surface area (Å²) in [7, 11) is 0. The molecule has 1 atom stereocenters. The lowest BCUT2D eigenvalue weighted by Crippen LogP contribution is -2.13. The Morgan fingerprint density at radius 1 is 1.21 bits per heavy atom. The zero-order chi connectivity index (χ0) is 13.1. The number of thiazole rings is 1. The summed E-state index contributed by atoms with van der Waals surface area (Å²) in [6.07, 6.45) is 2.42. The fourth-order valence-corrected chi connectivity index (χ4v) is 3.12. The van der Waals surface area contributed by atoms with Gasteiger partial charge in [0.05, 0.1) is 40.4 Å². The normalized spacial score (nSPS) is 12.5. The molecule has 19 heavy (non-hydrogen) atoms. The monoisotopic (exact) mass is 288 g/mol. The molecule has 4 nitrogen and oxygen atoms in total. The molecule has 96 valence electrons. The van der Waals surface area contributed by atoms with E-state index in [0.717, 1.165) is 22.0 Å². The summed E-state index contributed by atoms with van der Waals surface area (Å²) in [6, 6.07) is 10.0. The van der Waals surface area contributed by atoms with Gasteiger partial charge in [-0.25, -0.2) is 4.98 Å². The van der Waals surface area contributed by atoms with Crippen molar-refractivity contribution in [2.75, 3.05) is 0 Å². The number of rotatable bonds is 4. The molecule has 3 rings (SSSR count). The second kappa shape index (κ2) is 5.56. The molecule has 0 saturated carbocycles. The second-order valence-electron chi connectivity index (χ2n) is 4.14. The third-order valence-corrected chi connectivity index (χ3v) is 4.14. The summed E-state index contributed by atoms with van der Waals surface area (Å²) in [6.45, 7) is 0. The average molecular weight is 288 g/mol. The molecule has 0 fully saturated rings. The number of nitrogens with two attached hydrogens (primary N) is 1. The smallest absolute Gasteiger partial charge is 0.0952 e. The van der Waals surface area contributed by atoms with Crippen molar-refractivity contribution in [3.05, 3.63) is 52.6 Å². The molecule has 0 saturated heterocycles. The number of benzene rings is 1. The van der Waals surface area contributed by atoms with Crippen LogP contribution in [0.3, 0.4) is 0 Å². The van der Waals surface area contributed by atoms with Gasteiger partial charge in [0, 0.05) is 17.4 Å². The van der Waals surface area contributed by atoms with E-state index in [9.17, 15) is 0 Å². The van der Waals surface area contributed by atoms with Crippen molar-refractivity contribution in [2.24, 2.45) is 5.73 Å². The van der Waals surface area contributed by atoms with Gasteiger partial charge in [0.2, 0.25) is 0 Å². The maximum Gasteiger partial charge on any atom is 0.0952 e. The highest BCUT2D eigenvalue weighted by molar-refractivity contribution is 7.09. The van der Waals surface area contributed by atoms with E-state index >= 15 is 0 Å². The quantitative estimate of drug-likeness (QED) is 0.801. The summed E-state index contributed by atoms with van der Waals surface area (Å²) in [5.41, 5.74) is 9.06. The standard InChI is InChI=1S/C13H12N4S2/c14-10(11-7-15-19-17-11)6-13-16-12(8-18-13)9-4-2-1-3-5-9/h1-5,7-8,10H,6,14H2. The van der Waals surface area contributed by atoms with E-state index in [-0.39, 0.29) is 6.04 Å². The minimum absolute atomic E-state index is 0.131. The lowest BCUT2D eigenvalue weighted by molar-refractivity contribution is 0.701. The number of nitrogens with zero attached hydrogens (tertiary/aromatic N) is 3. The zero-order valence-corrected chi connectivity index (χ0v) is 11.7. The molecule has 3 aromatic rings. The first-order valence-electron chi connectivity index (χ1n) is 5.86. The Kier molecular flexibility index (Phi) is 3.63. The summed E-state index contributed by atoms with van der Waals surface area (Å²) in [5, 5.41) is 3.09. The van der Waals surface area contributed by atoms with Crippen molar-refractivity contribution < 1.29 is 0 Å². The van der Waals surface area contributed by atoms with Crippen LogP contribution in [-0.4, -0.2) is 13.7 Å². The minimum atomic E-state index is -0.131. The van der Waals surface area contributed by atoms with Crippen LogP contribution in [0, 0.1) is 0 Å². The van der Waals surface area contributed by atoms with E-state index in [2.05, 4.69) is 31.2 Å². The summed E-state index contributed by atoms with van der Waals surface area (Å²) < 4.78 is 8.13. The molecule has 0 aliphatic carbocycles. The van der Waals surface area contributed by atoms with Gasteiger partial charge in [-0.1, -0.05) is 30.3 Å². The Balaban J connectivity index is 1.75. The second-order valence-corrected chi connectivity index (χ2v) is 5.63. The highest BCUT2D eigenvalue weighted by Gasteiger charge is 2.13. The molecule has 2 heterocycles. The molecule has 0 bridgehead atoms. The lowest BCUT2D eigenvalue weighted by atomic mass is 10.1. The van der Waals surface area contributed by atoms with Crippen LogP contribution in [0.15, 0.2) is 41.9 Å². The first-order valence-corrected chi connectivity index (χ1v) is 7.47. The van der Waals surface area contributed by atoms with Crippen LogP contribution >= 0.6 is 23.1 Å². The van der Waals surface area contributed by atoms with Crippen molar-refractivity contribution in [3.8, 4) is 11.3 Å². The topological polar surface area (TPSA) is 64.7 Å². The maximum atomic E-state index is 6.09. The molecule has 0 spiro atoms. The molecule has 2 N–H and O–H groups in total. The van der Waals surface area contributed by atoms with Gasteiger partial charge in [-0.3, -0.25) is 0 Å². The highest BCUT2D eigenvalue weighted by atomic mass is 32.1. The molecular weight excluding hydrogens is 276 g/mol. The molecule has 0 aliphatic rings. The number of aromatic nitrogens is 3. The van der Waals surface area contributed by atoms with E-state index in [1.165, 1.54) is 11.7 Å². The van der Waals surface area contributed by atoms with E-state index in [1.807, 2.05) is 18.2 Å². The van der Waals surface area contributed by atoms with Gasteiger partial charge >= 0.3 is 0 Å². The van der Waals surface area contributed by atoms with Gasteiger partial charge in [-0.2, -0.15) is 8.75 Å². The minimum Gasteiger partial charge on any atom is -0.322 e. The van der Waals surface area contributed by atoms with Gasteiger partial charge in [-0.15, -0.1) is 11.3 Å². The third-order valence-electron chi connectivity index (χ3n) is 2.77. The third kappa shape index (κ3) is 2.86. The van der Waals surface area contributed by atoms with Crippen molar-refractivity contribution in [3.63, 3.8) is 0 Å². The van der Waals surface area contributed by atoms with Gasteiger partial charge < -0.3 is 5.73 Å². The van der Waals surface area contributed by atoms with Crippen LogP contribution in [0.25, 0.3) is 11.3 Å². The fourth-order valence-electron chi connectivity index (χ4n) is 1.77. The molecule has 0 aliphatic heterocycles. The van der Waals surface area contributed by atoms with Gasteiger partial charge in [-0.05, 0) is 0 Å². The van der Waals surface area contributed by atoms with Crippen molar-refractivity contribution in [1.82, 2.24) is 13.7 Å². The summed E-state index contributed by atoms with van der Waals surface area (Å²) in [4.78, 5) is 4.62. The van der Waals surface area contributed by atoms with Crippen LogP contribution in [-0.2, 0) is 6.42 Å². The fraction of sp³-hybridized carbons (Fsp3) is 0.154. The highest BCUT2D eigenvalue weighted by Crippen LogP contribution is 2.24. The summed E-state index contributed by atoms with van der Waals surface area (Å²) >= 11 is 2.82. The van der Waals surface area contributed by atoms with Crippen molar-refractivity contribution >= 4 is 23.1 Å². The molecule has 2 aromatic heterocycles. The van der Waals surface area contributed by atoms with Crippen LogP contribution in [0.4, 0.5) is 0 Å². The largest absolute Gasteiger partial charge is 0.322 e. The van der Waals surface area contributed by atoms with Crippen LogP contribution in [0.5, 0.6) is 0 Å². The molecule has 1 aromatic carbocycles. The average Bonchev–Trinajstić information content (AvgIpc) is 3.11. The molecule has 1 unspecified atom stereocenters. The van der Waals surface area contributed by atoms with E-state index in [0.29, 0.717) is 6.42 Å². The Morgan fingerprint density at radius 3 is 2.79 bits per heavy atom. The van der Waals surface area contributed by atoms with Gasteiger partial charge in [0.25, 0.3) is 0 Å². The Hall–Kier alpha value is -1.63. The maximum absolute atomic E-state index is 6.09. The SMILES string of the molecule is NC(Cc1nc(-c2ccccc2)cs1)c1cnsn1. The summed E-state index contributed by atoms with van der Waals surface area (Å²) in [5.74, 6) is 0. The molecule has 0 radical (unpaired) electrons. The van der Waals surface area contributed by atoms with Gasteiger partial charge in [0.15, 0.2) is 0 Å². The van der Waals surface area contributed by atoms with Crippen LogP contribution in [0.1, 0.15) is 16.7 Å². The molecule has 6 heteroatoms. The van der Waals surface area contributed by atoms with E-state index in [4.69, 9.17) is 5.73 Å². The predicted molar refractivity (Wildman–Crippen MR) is 78.1 cm³/mol. The first-order chi connectivity index (χ1) is 9.33. The van der Waals surface area contributed by atoms with Gasteiger partial charge in [0.1, 0.15) is 0 Å². The van der Waals surface area contributed by atoms with E-state index in [1.54, 1.807) is 17.5 Å². The number of hydrogen-bond donors (Lipinski definition) is 1. The Morgan fingerprint density at radius 2 is 2.05 bits per heavy atom. The predicted octanol–water partition coefficient (Wildman–Crippen LogP) is 2.90. The first kappa shape index (κ1) is 12.4. The molecule has 0 amide bonds. The Bertz CT molecular complexity index is 634. The lowest BCUT2D eigenvalue weighted by Gasteiger charge is -2.04. The zero-order valence-electron chi connectivity index (χ0n) is 10.1. The number of hydrogen-bond acceptors (Lipinski definition) is 6. The van der Waals surface area contributed by atoms with E-state index < -0.39 is 0 Å². The molecular formula is C13H12N4S2.